The van der Waals surface area contributed by atoms with Gasteiger partial charge >= 0.3 is 5.97 Å². The zero-order valence-electron chi connectivity index (χ0n) is 10.7. The van der Waals surface area contributed by atoms with E-state index in [4.69, 9.17) is 5.11 Å². The van der Waals surface area contributed by atoms with Crippen molar-refractivity contribution in [2.24, 2.45) is 0 Å². The van der Waals surface area contributed by atoms with Gasteiger partial charge in [0.25, 0.3) is 5.91 Å². The molecule has 0 fully saturated rings. The van der Waals surface area contributed by atoms with Crippen LogP contribution in [0, 0.1) is 0 Å². The molecule has 0 unspecified atom stereocenters. The summed E-state index contributed by atoms with van der Waals surface area (Å²) >= 11 is 0. The molecule has 1 aliphatic rings. The molecule has 0 atom stereocenters. The summed E-state index contributed by atoms with van der Waals surface area (Å²) in [4.78, 5) is 25.2. The third-order valence-corrected chi connectivity index (χ3v) is 3.49. The summed E-state index contributed by atoms with van der Waals surface area (Å²) in [5.41, 5.74) is 2.54. The maximum absolute atomic E-state index is 12.5. The van der Waals surface area contributed by atoms with Gasteiger partial charge in [0.2, 0.25) is 0 Å². The minimum atomic E-state index is -0.980. The Morgan fingerprint density at radius 3 is 2.45 bits per heavy atom. The van der Waals surface area contributed by atoms with Gasteiger partial charge in [-0.1, -0.05) is 24.3 Å². The molecule has 1 heterocycles. The summed E-state index contributed by atoms with van der Waals surface area (Å²) in [6, 6.07) is 14.0. The van der Waals surface area contributed by atoms with Crippen LogP contribution in [0.25, 0.3) is 0 Å². The summed E-state index contributed by atoms with van der Waals surface area (Å²) in [5.74, 6) is -1.07. The van der Waals surface area contributed by atoms with E-state index in [2.05, 4.69) is 0 Å². The number of anilines is 1. The van der Waals surface area contributed by atoms with Gasteiger partial charge in [0.15, 0.2) is 0 Å². The van der Waals surface area contributed by atoms with E-state index in [0.717, 1.165) is 12.0 Å². The van der Waals surface area contributed by atoms with E-state index in [-0.39, 0.29) is 11.5 Å². The quantitative estimate of drug-likeness (QED) is 0.909. The Morgan fingerprint density at radius 1 is 1.00 bits per heavy atom. The average molecular weight is 267 g/mol. The van der Waals surface area contributed by atoms with Crippen LogP contribution in [0.4, 0.5) is 5.69 Å². The van der Waals surface area contributed by atoms with Crippen molar-refractivity contribution in [1.82, 2.24) is 0 Å². The van der Waals surface area contributed by atoms with Crippen molar-refractivity contribution in [1.29, 1.82) is 0 Å². The van der Waals surface area contributed by atoms with Crippen molar-refractivity contribution in [3.63, 3.8) is 0 Å². The zero-order chi connectivity index (χ0) is 14.1. The second-order valence-electron chi connectivity index (χ2n) is 4.72. The van der Waals surface area contributed by atoms with Crippen LogP contribution in [-0.4, -0.2) is 23.5 Å². The lowest BCUT2D eigenvalue weighted by atomic mass is 10.1. The molecule has 4 nitrogen and oxygen atoms in total. The summed E-state index contributed by atoms with van der Waals surface area (Å²) in [6.07, 6.45) is 0.758. The highest BCUT2D eigenvalue weighted by molar-refractivity contribution is 6.07. The van der Waals surface area contributed by atoms with E-state index in [1.54, 1.807) is 35.2 Å². The monoisotopic (exact) mass is 267 g/mol. The molecule has 20 heavy (non-hydrogen) atoms. The molecule has 0 spiro atoms. The van der Waals surface area contributed by atoms with Gasteiger partial charge in [-0.2, -0.15) is 0 Å². The first-order chi connectivity index (χ1) is 9.66. The number of rotatable bonds is 2. The number of nitrogens with zero attached hydrogens (tertiary/aromatic N) is 1. The highest BCUT2D eigenvalue weighted by Crippen LogP contribution is 2.30. The molecule has 0 saturated carbocycles. The number of carbonyl (C=O) groups is 2. The van der Waals surface area contributed by atoms with Gasteiger partial charge in [0.05, 0.1) is 5.56 Å². The summed E-state index contributed by atoms with van der Waals surface area (Å²) in [6.45, 7) is 0.589. The highest BCUT2D eigenvalue weighted by Gasteiger charge is 2.26. The van der Waals surface area contributed by atoms with E-state index < -0.39 is 5.97 Å². The first kappa shape index (κ1) is 12.4. The fraction of sp³-hybridized carbons (Fsp3) is 0.125. The number of hydrogen-bond acceptors (Lipinski definition) is 2. The average Bonchev–Trinajstić information content (AvgIpc) is 2.90. The van der Waals surface area contributed by atoms with Crippen molar-refractivity contribution in [3.8, 4) is 0 Å². The Bertz CT molecular complexity index is 679. The molecule has 0 aromatic heterocycles. The standard InChI is InChI=1S/C16H13NO3/c18-15(12-4-2-1-3-5-12)17-9-8-11-6-7-13(16(19)20)10-14(11)17/h1-7,10H,8-9H2,(H,19,20). The number of hydrogen-bond donors (Lipinski definition) is 1. The Kier molecular flexibility index (Phi) is 2.99. The maximum Gasteiger partial charge on any atom is 0.335 e. The molecule has 1 aliphatic heterocycles. The van der Waals surface area contributed by atoms with Crippen LogP contribution >= 0.6 is 0 Å². The van der Waals surface area contributed by atoms with Crippen LogP contribution in [0.15, 0.2) is 48.5 Å². The zero-order valence-corrected chi connectivity index (χ0v) is 10.7. The van der Waals surface area contributed by atoms with Crippen LogP contribution < -0.4 is 4.90 Å². The summed E-state index contributed by atoms with van der Waals surface area (Å²) < 4.78 is 0. The second-order valence-corrected chi connectivity index (χ2v) is 4.72. The predicted molar refractivity (Wildman–Crippen MR) is 75.2 cm³/mol. The summed E-state index contributed by atoms with van der Waals surface area (Å²) in [7, 11) is 0. The lowest BCUT2D eigenvalue weighted by Gasteiger charge is -2.17. The molecule has 4 heteroatoms. The topological polar surface area (TPSA) is 57.6 Å². The normalized spacial score (nSPS) is 13.1. The van der Waals surface area contributed by atoms with Gasteiger partial charge in [0, 0.05) is 17.8 Å². The van der Waals surface area contributed by atoms with E-state index in [9.17, 15) is 9.59 Å². The second kappa shape index (κ2) is 4.81. The molecular formula is C16H13NO3. The Balaban J connectivity index is 1.98. The van der Waals surface area contributed by atoms with Gasteiger partial charge < -0.3 is 10.0 Å². The highest BCUT2D eigenvalue weighted by atomic mass is 16.4. The van der Waals surface area contributed by atoms with E-state index in [1.165, 1.54) is 0 Å². The van der Waals surface area contributed by atoms with Gasteiger partial charge in [-0.25, -0.2) is 4.79 Å². The third kappa shape index (κ3) is 2.05. The molecule has 2 aromatic rings. The van der Waals surface area contributed by atoms with Crippen molar-refractivity contribution < 1.29 is 14.7 Å². The van der Waals surface area contributed by atoms with E-state index in [1.807, 2.05) is 18.2 Å². The Hall–Kier alpha value is -2.62. The van der Waals surface area contributed by atoms with Crippen molar-refractivity contribution in [2.45, 2.75) is 6.42 Å². The first-order valence-electron chi connectivity index (χ1n) is 6.40. The summed E-state index contributed by atoms with van der Waals surface area (Å²) in [5, 5.41) is 9.05. The van der Waals surface area contributed by atoms with Crippen molar-refractivity contribution in [3.05, 3.63) is 65.2 Å². The molecule has 3 rings (SSSR count). The number of carboxylic acid groups (broad SMARTS) is 1. The minimum Gasteiger partial charge on any atom is -0.478 e. The van der Waals surface area contributed by atoms with Crippen LogP contribution in [0.1, 0.15) is 26.3 Å². The Labute approximate surface area is 116 Å². The number of carbonyl (C=O) groups excluding carboxylic acids is 1. The molecule has 1 amide bonds. The fourth-order valence-electron chi connectivity index (χ4n) is 2.46. The van der Waals surface area contributed by atoms with E-state index >= 15 is 0 Å². The number of aromatic carboxylic acids is 1. The van der Waals surface area contributed by atoms with E-state index in [0.29, 0.717) is 17.8 Å². The number of fused-ring (bicyclic) bond motifs is 1. The Morgan fingerprint density at radius 2 is 1.75 bits per heavy atom. The lowest BCUT2D eigenvalue weighted by Crippen LogP contribution is -2.28. The van der Waals surface area contributed by atoms with Gasteiger partial charge in [-0.05, 0) is 36.2 Å². The molecule has 0 saturated heterocycles. The first-order valence-corrected chi connectivity index (χ1v) is 6.40. The van der Waals surface area contributed by atoms with Crippen LogP contribution in [-0.2, 0) is 6.42 Å². The van der Waals surface area contributed by atoms with Crippen molar-refractivity contribution >= 4 is 17.6 Å². The van der Waals surface area contributed by atoms with Crippen LogP contribution in [0.5, 0.6) is 0 Å². The van der Waals surface area contributed by atoms with Gasteiger partial charge in [-0.3, -0.25) is 4.79 Å². The smallest absolute Gasteiger partial charge is 0.335 e. The van der Waals surface area contributed by atoms with Gasteiger partial charge in [-0.15, -0.1) is 0 Å². The number of amides is 1. The molecule has 0 radical (unpaired) electrons. The number of carboxylic acids is 1. The van der Waals surface area contributed by atoms with Crippen molar-refractivity contribution in [2.75, 3.05) is 11.4 Å². The van der Waals surface area contributed by atoms with Gasteiger partial charge in [0.1, 0.15) is 0 Å². The largest absolute Gasteiger partial charge is 0.478 e. The predicted octanol–water partition coefficient (Wildman–Crippen LogP) is 2.59. The third-order valence-electron chi connectivity index (χ3n) is 3.49. The lowest BCUT2D eigenvalue weighted by molar-refractivity contribution is 0.0696. The fourth-order valence-corrected chi connectivity index (χ4v) is 2.46. The van der Waals surface area contributed by atoms with Crippen LogP contribution in [0.2, 0.25) is 0 Å². The molecule has 0 aliphatic carbocycles. The molecule has 0 bridgehead atoms. The molecule has 2 aromatic carbocycles. The van der Waals surface area contributed by atoms with Crippen LogP contribution in [0.3, 0.4) is 0 Å². The molecular weight excluding hydrogens is 254 g/mol. The minimum absolute atomic E-state index is 0.0908. The molecule has 1 N–H and O–H groups in total. The molecule has 100 valence electrons. The maximum atomic E-state index is 12.5. The SMILES string of the molecule is O=C(O)c1ccc2c(c1)N(C(=O)c1ccccc1)CC2. The number of benzene rings is 2.